The van der Waals surface area contributed by atoms with Gasteiger partial charge >= 0.3 is 11.9 Å². The summed E-state index contributed by atoms with van der Waals surface area (Å²) in [6, 6.07) is 9.05. The first-order valence-corrected chi connectivity index (χ1v) is 11.5. The molecular weight excluding hydrogens is 398 g/mol. The zero-order chi connectivity index (χ0) is 21.9. The van der Waals surface area contributed by atoms with E-state index in [-0.39, 0.29) is 11.5 Å². The van der Waals surface area contributed by atoms with E-state index in [4.69, 9.17) is 4.74 Å². The Bertz CT molecular complexity index is 836. The van der Waals surface area contributed by atoms with Crippen LogP contribution in [0.4, 0.5) is 0 Å². The summed E-state index contributed by atoms with van der Waals surface area (Å²) in [5, 5.41) is 9.45. The predicted molar refractivity (Wildman–Crippen MR) is 121 cm³/mol. The van der Waals surface area contributed by atoms with Gasteiger partial charge in [0.15, 0.2) is 0 Å². The number of aromatic nitrogens is 1. The Morgan fingerprint density at radius 3 is 2.60 bits per heavy atom. The SMILES string of the molecule is CCCCC(CC)COC(=O)CCSc1cc(C(=O)O)cc(-c2ccc(C)nc2)c1. The van der Waals surface area contributed by atoms with Crippen LogP contribution < -0.4 is 0 Å². The number of carbonyl (C=O) groups is 2. The van der Waals surface area contributed by atoms with Gasteiger partial charge in [0, 0.05) is 28.1 Å². The summed E-state index contributed by atoms with van der Waals surface area (Å²) in [5.41, 5.74) is 2.79. The maximum absolute atomic E-state index is 12.1. The van der Waals surface area contributed by atoms with Crippen LogP contribution in [0.5, 0.6) is 0 Å². The minimum atomic E-state index is -0.976. The summed E-state index contributed by atoms with van der Waals surface area (Å²) in [6.45, 7) is 6.68. The molecule has 0 spiro atoms. The minimum absolute atomic E-state index is 0.199. The highest BCUT2D eigenvalue weighted by atomic mass is 32.2. The van der Waals surface area contributed by atoms with Crippen molar-refractivity contribution in [1.82, 2.24) is 4.98 Å². The summed E-state index contributed by atoms with van der Waals surface area (Å²) < 4.78 is 5.44. The molecule has 1 heterocycles. The lowest BCUT2D eigenvalue weighted by Gasteiger charge is -2.14. The average molecular weight is 430 g/mol. The van der Waals surface area contributed by atoms with E-state index in [9.17, 15) is 14.7 Å². The molecule has 0 saturated heterocycles. The number of hydrogen-bond acceptors (Lipinski definition) is 5. The number of hydrogen-bond donors (Lipinski definition) is 1. The molecule has 0 amide bonds. The summed E-state index contributed by atoms with van der Waals surface area (Å²) in [7, 11) is 0. The van der Waals surface area contributed by atoms with Gasteiger partial charge in [-0.2, -0.15) is 0 Å². The van der Waals surface area contributed by atoms with Crippen molar-refractivity contribution in [3.63, 3.8) is 0 Å². The van der Waals surface area contributed by atoms with Crippen LogP contribution in [0.1, 0.15) is 62.0 Å². The molecule has 0 saturated carbocycles. The standard InChI is InChI=1S/C24H31NO4S/c1-4-6-7-18(5-2)16-29-23(26)10-11-30-22-13-20(12-21(14-22)24(27)28)19-9-8-17(3)25-15-19/h8-9,12-15,18H,4-7,10-11,16H2,1-3H3,(H,27,28). The lowest BCUT2D eigenvalue weighted by atomic mass is 10.0. The average Bonchev–Trinajstić information content (AvgIpc) is 2.74. The number of carbonyl (C=O) groups excluding carboxylic acids is 1. The summed E-state index contributed by atoms with van der Waals surface area (Å²) in [4.78, 5) is 28.7. The van der Waals surface area contributed by atoms with Crippen molar-refractivity contribution >= 4 is 23.7 Å². The van der Waals surface area contributed by atoms with Crippen LogP contribution in [-0.2, 0) is 9.53 Å². The second-order valence-corrected chi connectivity index (χ2v) is 8.61. The van der Waals surface area contributed by atoms with Gasteiger partial charge in [-0.1, -0.05) is 39.2 Å². The lowest BCUT2D eigenvalue weighted by molar-refractivity contribution is -0.144. The van der Waals surface area contributed by atoms with Gasteiger partial charge in [-0.05, 0) is 49.1 Å². The van der Waals surface area contributed by atoms with Crippen LogP contribution in [0, 0.1) is 12.8 Å². The Morgan fingerprint density at radius 1 is 1.17 bits per heavy atom. The Kier molecular flexibility index (Phi) is 9.87. The number of unbranched alkanes of at least 4 members (excludes halogenated alkanes) is 1. The van der Waals surface area contributed by atoms with Gasteiger partial charge in [-0.25, -0.2) is 4.79 Å². The molecule has 0 aliphatic carbocycles. The van der Waals surface area contributed by atoms with Crippen molar-refractivity contribution in [1.29, 1.82) is 0 Å². The molecule has 0 aliphatic rings. The normalized spacial score (nSPS) is 11.8. The van der Waals surface area contributed by atoms with Crippen molar-refractivity contribution in [3.8, 4) is 11.1 Å². The largest absolute Gasteiger partial charge is 0.478 e. The van der Waals surface area contributed by atoms with E-state index >= 15 is 0 Å². The monoisotopic (exact) mass is 429 g/mol. The molecule has 2 rings (SSSR count). The maximum atomic E-state index is 12.1. The highest BCUT2D eigenvalue weighted by Gasteiger charge is 2.12. The topological polar surface area (TPSA) is 76.5 Å². The molecule has 1 aromatic heterocycles. The number of carboxylic acids is 1. The van der Waals surface area contributed by atoms with Crippen LogP contribution in [0.2, 0.25) is 0 Å². The fourth-order valence-electron chi connectivity index (χ4n) is 3.04. The van der Waals surface area contributed by atoms with Crippen molar-refractivity contribution in [2.24, 2.45) is 5.92 Å². The molecule has 1 atom stereocenters. The first-order chi connectivity index (χ1) is 14.4. The van der Waals surface area contributed by atoms with Gasteiger partial charge in [-0.3, -0.25) is 9.78 Å². The lowest BCUT2D eigenvalue weighted by Crippen LogP contribution is -2.14. The molecule has 0 radical (unpaired) electrons. The Balaban J connectivity index is 1.95. The van der Waals surface area contributed by atoms with Crippen LogP contribution in [0.25, 0.3) is 11.1 Å². The third-order valence-corrected chi connectivity index (χ3v) is 5.97. The highest BCUT2D eigenvalue weighted by Crippen LogP contribution is 2.28. The zero-order valence-corrected chi connectivity index (χ0v) is 18.8. The number of ether oxygens (including phenoxy) is 1. The number of thioether (sulfide) groups is 1. The number of rotatable bonds is 12. The van der Waals surface area contributed by atoms with Crippen molar-refractivity contribution < 1.29 is 19.4 Å². The van der Waals surface area contributed by atoms with Crippen LogP contribution in [0.3, 0.4) is 0 Å². The molecule has 30 heavy (non-hydrogen) atoms. The highest BCUT2D eigenvalue weighted by molar-refractivity contribution is 7.99. The second kappa shape index (κ2) is 12.4. The van der Waals surface area contributed by atoms with E-state index in [2.05, 4.69) is 18.8 Å². The third-order valence-electron chi connectivity index (χ3n) is 5.00. The Labute approximate surface area is 183 Å². The van der Waals surface area contributed by atoms with Gasteiger partial charge < -0.3 is 9.84 Å². The number of nitrogens with zero attached hydrogens (tertiary/aromatic N) is 1. The number of pyridine rings is 1. The number of carboxylic acid groups (broad SMARTS) is 1. The quantitative estimate of drug-likeness (QED) is 0.329. The van der Waals surface area contributed by atoms with E-state index in [0.29, 0.717) is 24.7 Å². The smallest absolute Gasteiger partial charge is 0.335 e. The van der Waals surface area contributed by atoms with Gasteiger partial charge in [0.1, 0.15) is 0 Å². The number of benzene rings is 1. The summed E-state index contributed by atoms with van der Waals surface area (Å²) >= 11 is 1.46. The maximum Gasteiger partial charge on any atom is 0.335 e. The van der Waals surface area contributed by atoms with Crippen molar-refractivity contribution in [3.05, 3.63) is 47.8 Å². The first-order valence-electron chi connectivity index (χ1n) is 10.5. The van der Waals surface area contributed by atoms with Crippen LogP contribution >= 0.6 is 11.8 Å². The van der Waals surface area contributed by atoms with E-state index < -0.39 is 5.97 Å². The van der Waals surface area contributed by atoms with Gasteiger partial charge in [-0.15, -0.1) is 11.8 Å². The molecule has 1 unspecified atom stereocenters. The first kappa shape index (κ1) is 23.9. The molecule has 0 aliphatic heterocycles. The second-order valence-electron chi connectivity index (χ2n) is 7.44. The Morgan fingerprint density at radius 2 is 1.97 bits per heavy atom. The van der Waals surface area contributed by atoms with Gasteiger partial charge in [0.05, 0.1) is 18.6 Å². The molecule has 2 aromatic rings. The molecule has 1 aromatic carbocycles. The minimum Gasteiger partial charge on any atom is -0.478 e. The van der Waals surface area contributed by atoms with Gasteiger partial charge in [0.2, 0.25) is 0 Å². The fourth-order valence-corrected chi connectivity index (χ4v) is 3.97. The molecule has 5 nitrogen and oxygen atoms in total. The van der Waals surface area contributed by atoms with E-state index in [1.54, 1.807) is 18.3 Å². The van der Waals surface area contributed by atoms with E-state index in [1.165, 1.54) is 11.8 Å². The van der Waals surface area contributed by atoms with Crippen molar-refractivity contribution in [2.45, 2.75) is 57.8 Å². The molecule has 6 heteroatoms. The van der Waals surface area contributed by atoms with E-state index in [0.717, 1.165) is 47.4 Å². The third kappa shape index (κ3) is 7.82. The molecule has 0 fully saturated rings. The Hall–Kier alpha value is -2.34. The summed E-state index contributed by atoms with van der Waals surface area (Å²) in [6.07, 6.45) is 6.45. The zero-order valence-electron chi connectivity index (χ0n) is 18.0. The molecule has 1 N–H and O–H groups in total. The van der Waals surface area contributed by atoms with Crippen molar-refractivity contribution in [2.75, 3.05) is 12.4 Å². The van der Waals surface area contributed by atoms with E-state index in [1.807, 2.05) is 25.1 Å². The van der Waals surface area contributed by atoms with Gasteiger partial charge in [0.25, 0.3) is 0 Å². The number of esters is 1. The number of aromatic carboxylic acids is 1. The predicted octanol–water partition coefficient (Wildman–Crippen LogP) is 6.00. The molecular formula is C24H31NO4S. The molecule has 162 valence electrons. The molecule has 0 bridgehead atoms. The van der Waals surface area contributed by atoms with Crippen LogP contribution in [0.15, 0.2) is 41.4 Å². The fraction of sp³-hybridized carbons (Fsp3) is 0.458. The number of aryl methyl sites for hydroxylation is 1. The summed E-state index contributed by atoms with van der Waals surface area (Å²) in [5.74, 6) is -0.204. The van der Waals surface area contributed by atoms with Crippen LogP contribution in [-0.4, -0.2) is 34.4 Å².